The van der Waals surface area contributed by atoms with Crippen LogP contribution in [-0.4, -0.2) is 76.0 Å². The van der Waals surface area contributed by atoms with Crippen LogP contribution in [0.4, 0.5) is 0 Å². The molecule has 0 spiro atoms. The van der Waals surface area contributed by atoms with Crippen molar-refractivity contribution >= 4 is 0 Å². The Morgan fingerprint density at radius 2 is 2.05 bits per heavy atom. The molecule has 2 aliphatic heterocycles. The Morgan fingerprint density at radius 3 is 2.80 bits per heavy atom. The van der Waals surface area contributed by atoms with E-state index >= 15 is 0 Å². The third-order valence-corrected chi connectivity index (χ3v) is 4.49. The number of aromatic nitrogens is 3. The molecule has 0 aliphatic carbocycles. The predicted octanol–water partition coefficient (Wildman–Crippen LogP) is -0.0623. The summed E-state index contributed by atoms with van der Waals surface area (Å²) in [6.45, 7) is 5.81. The van der Waals surface area contributed by atoms with Gasteiger partial charge in [-0.3, -0.25) is 0 Å². The zero-order valence-corrected chi connectivity index (χ0v) is 12.3. The summed E-state index contributed by atoms with van der Waals surface area (Å²) in [5, 5.41) is 14.0. The van der Waals surface area contributed by atoms with Crippen molar-refractivity contribution in [1.29, 1.82) is 0 Å². The number of fused-ring (bicyclic) bond motifs is 1. The molecule has 3 rings (SSSR count). The quantitative estimate of drug-likeness (QED) is 0.836. The second-order valence-electron chi connectivity index (χ2n) is 6.01. The molecule has 0 amide bonds. The monoisotopic (exact) mass is 279 g/mol. The highest BCUT2D eigenvalue weighted by Gasteiger charge is 2.22. The number of aliphatic hydroxyl groups excluding tert-OH is 1. The van der Waals surface area contributed by atoms with Crippen molar-refractivity contribution in [3.8, 4) is 0 Å². The zero-order chi connectivity index (χ0) is 13.9. The normalized spacial score (nSPS) is 24.8. The molecule has 3 heterocycles. The minimum Gasteiger partial charge on any atom is -0.394 e. The van der Waals surface area contributed by atoms with Gasteiger partial charge in [0.25, 0.3) is 0 Å². The highest BCUT2D eigenvalue weighted by Crippen LogP contribution is 2.22. The fourth-order valence-corrected chi connectivity index (χ4v) is 3.09. The van der Waals surface area contributed by atoms with Crippen LogP contribution in [0.15, 0.2) is 0 Å². The van der Waals surface area contributed by atoms with Crippen LogP contribution >= 0.6 is 0 Å². The molecule has 6 heteroatoms. The van der Waals surface area contributed by atoms with E-state index in [9.17, 15) is 5.11 Å². The largest absolute Gasteiger partial charge is 0.394 e. The van der Waals surface area contributed by atoms with E-state index in [1.54, 1.807) is 0 Å². The Labute approximate surface area is 120 Å². The third-order valence-electron chi connectivity index (χ3n) is 4.49. The third kappa shape index (κ3) is 3.02. The van der Waals surface area contributed by atoms with Crippen LogP contribution in [0.5, 0.6) is 0 Å². The molecule has 0 bridgehead atoms. The van der Waals surface area contributed by atoms with Crippen LogP contribution < -0.4 is 0 Å². The van der Waals surface area contributed by atoms with Crippen molar-refractivity contribution < 1.29 is 5.11 Å². The number of nitrogens with zero attached hydrogens (tertiary/aromatic N) is 5. The van der Waals surface area contributed by atoms with E-state index in [2.05, 4.69) is 26.9 Å². The standard InChI is InChI=1S/C14H25N5O/c1-17-7-9-18(10-8-17)6-5-13-15-14-4-2-3-12(11-20)19(14)16-13/h12,20H,2-11H2,1H3. The smallest absolute Gasteiger partial charge is 0.152 e. The van der Waals surface area contributed by atoms with Gasteiger partial charge in [0.1, 0.15) is 5.82 Å². The van der Waals surface area contributed by atoms with Crippen LogP contribution in [0.25, 0.3) is 0 Å². The van der Waals surface area contributed by atoms with Gasteiger partial charge in [0.2, 0.25) is 0 Å². The van der Waals surface area contributed by atoms with E-state index in [-0.39, 0.29) is 12.6 Å². The molecule has 1 aromatic heterocycles. The number of likely N-dealkylation sites (N-methyl/N-ethyl adjacent to an activating group) is 1. The van der Waals surface area contributed by atoms with E-state index in [0.29, 0.717) is 0 Å². The molecule has 0 aromatic carbocycles. The molecular formula is C14H25N5O. The van der Waals surface area contributed by atoms with Crippen molar-refractivity contribution in [2.24, 2.45) is 0 Å². The van der Waals surface area contributed by atoms with E-state index in [1.807, 2.05) is 4.68 Å². The summed E-state index contributed by atoms with van der Waals surface area (Å²) in [5.41, 5.74) is 0. The van der Waals surface area contributed by atoms with Crippen LogP contribution in [0.2, 0.25) is 0 Å². The molecular weight excluding hydrogens is 254 g/mol. The van der Waals surface area contributed by atoms with Gasteiger partial charge in [-0.1, -0.05) is 0 Å². The van der Waals surface area contributed by atoms with Gasteiger partial charge < -0.3 is 14.9 Å². The molecule has 1 aromatic rings. The second-order valence-corrected chi connectivity index (χ2v) is 6.01. The summed E-state index contributed by atoms with van der Waals surface area (Å²) in [5.74, 6) is 2.00. The fourth-order valence-electron chi connectivity index (χ4n) is 3.09. The maximum absolute atomic E-state index is 9.40. The van der Waals surface area contributed by atoms with Gasteiger partial charge in [0, 0.05) is 45.6 Å². The van der Waals surface area contributed by atoms with Gasteiger partial charge in [0.05, 0.1) is 12.6 Å². The number of aryl methyl sites for hydroxylation is 1. The molecule has 6 nitrogen and oxygen atoms in total. The number of aliphatic hydroxyl groups is 1. The van der Waals surface area contributed by atoms with Gasteiger partial charge in [0.15, 0.2) is 5.82 Å². The second kappa shape index (κ2) is 6.20. The van der Waals surface area contributed by atoms with Crippen LogP contribution in [0.1, 0.15) is 30.5 Å². The Hall–Kier alpha value is -0.980. The van der Waals surface area contributed by atoms with Crippen LogP contribution in [0.3, 0.4) is 0 Å². The lowest BCUT2D eigenvalue weighted by atomic mass is 10.1. The molecule has 1 unspecified atom stereocenters. The Kier molecular flexibility index (Phi) is 4.33. The molecule has 1 atom stereocenters. The van der Waals surface area contributed by atoms with Crippen molar-refractivity contribution in [2.45, 2.75) is 31.7 Å². The lowest BCUT2D eigenvalue weighted by molar-refractivity contribution is 0.154. The first kappa shape index (κ1) is 14.0. The van der Waals surface area contributed by atoms with Crippen molar-refractivity contribution in [1.82, 2.24) is 24.6 Å². The number of hydrogen-bond donors (Lipinski definition) is 1. The van der Waals surface area contributed by atoms with Gasteiger partial charge in [-0.2, -0.15) is 5.10 Å². The van der Waals surface area contributed by atoms with Gasteiger partial charge in [-0.15, -0.1) is 0 Å². The average Bonchev–Trinajstić information content (AvgIpc) is 2.89. The maximum Gasteiger partial charge on any atom is 0.152 e. The minimum atomic E-state index is 0.142. The Bertz CT molecular complexity index is 439. The van der Waals surface area contributed by atoms with Crippen LogP contribution in [0, 0.1) is 0 Å². The molecule has 0 radical (unpaired) electrons. The lowest BCUT2D eigenvalue weighted by Crippen LogP contribution is -2.45. The number of rotatable bonds is 4. The minimum absolute atomic E-state index is 0.142. The molecule has 20 heavy (non-hydrogen) atoms. The van der Waals surface area contributed by atoms with Crippen molar-refractivity contribution in [2.75, 3.05) is 46.4 Å². The van der Waals surface area contributed by atoms with Crippen LogP contribution in [-0.2, 0) is 12.8 Å². The average molecular weight is 279 g/mol. The summed E-state index contributed by atoms with van der Waals surface area (Å²) in [4.78, 5) is 9.51. The van der Waals surface area contributed by atoms with E-state index < -0.39 is 0 Å². The first-order valence-corrected chi connectivity index (χ1v) is 7.72. The Morgan fingerprint density at radius 1 is 1.25 bits per heavy atom. The van der Waals surface area contributed by atoms with Gasteiger partial charge in [-0.25, -0.2) is 9.67 Å². The zero-order valence-electron chi connectivity index (χ0n) is 12.3. The molecule has 1 N–H and O–H groups in total. The first-order chi connectivity index (χ1) is 9.76. The van der Waals surface area contributed by atoms with E-state index in [0.717, 1.165) is 70.1 Å². The Balaban J connectivity index is 1.57. The number of hydrogen-bond acceptors (Lipinski definition) is 5. The molecule has 112 valence electrons. The van der Waals surface area contributed by atoms with Gasteiger partial charge >= 0.3 is 0 Å². The summed E-state index contributed by atoms with van der Waals surface area (Å²) in [7, 11) is 2.18. The molecule has 0 saturated carbocycles. The number of piperazine rings is 1. The summed E-state index contributed by atoms with van der Waals surface area (Å²) in [6, 6.07) is 0.142. The fraction of sp³-hybridized carbons (Fsp3) is 0.857. The topological polar surface area (TPSA) is 57.4 Å². The summed E-state index contributed by atoms with van der Waals surface area (Å²) >= 11 is 0. The molecule has 1 fully saturated rings. The van der Waals surface area contributed by atoms with E-state index in [4.69, 9.17) is 0 Å². The summed E-state index contributed by atoms with van der Waals surface area (Å²) < 4.78 is 1.96. The maximum atomic E-state index is 9.40. The lowest BCUT2D eigenvalue weighted by Gasteiger charge is -2.31. The highest BCUT2D eigenvalue weighted by molar-refractivity contribution is 4.99. The van der Waals surface area contributed by atoms with Crippen molar-refractivity contribution in [3.63, 3.8) is 0 Å². The molecule has 1 saturated heterocycles. The van der Waals surface area contributed by atoms with Gasteiger partial charge in [-0.05, 0) is 19.9 Å². The first-order valence-electron chi connectivity index (χ1n) is 7.72. The SMILES string of the molecule is CN1CCN(CCc2nc3n(n2)C(CO)CCC3)CC1. The van der Waals surface area contributed by atoms with E-state index in [1.165, 1.54) is 0 Å². The molecule has 2 aliphatic rings. The predicted molar refractivity (Wildman–Crippen MR) is 76.7 cm³/mol. The van der Waals surface area contributed by atoms with Crippen molar-refractivity contribution in [3.05, 3.63) is 11.6 Å². The summed E-state index contributed by atoms with van der Waals surface area (Å²) in [6.07, 6.45) is 4.05. The highest BCUT2D eigenvalue weighted by atomic mass is 16.3.